The number of aromatic nitrogens is 1. The molecule has 3 aliphatic rings. The molecule has 5 heteroatoms. The van der Waals surface area contributed by atoms with Crippen molar-refractivity contribution < 1.29 is 4.79 Å². The topological polar surface area (TPSA) is 45.2 Å². The van der Waals surface area contributed by atoms with E-state index in [1.807, 2.05) is 30.3 Å². The minimum atomic E-state index is 0.0610. The number of nitrogens with zero attached hydrogens (tertiary/aromatic N) is 2. The van der Waals surface area contributed by atoms with Crippen LogP contribution in [-0.2, 0) is 0 Å². The van der Waals surface area contributed by atoms with Gasteiger partial charge in [-0.25, -0.2) is 0 Å². The van der Waals surface area contributed by atoms with Crippen LogP contribution in [0.2, 0.25) is 0 Å². The Balaban J connectivity index is 1.46. The van der Waals surface area contributed by atoms with Crippen LogP contribution in [0, 0.1) is 5.92 Å². The molecule has 5 rings (SSSR count). The van der Waals surface area contributed by atoms with Gasteiger partial charge < -0.3 is 10.2 Å². The molecule has 1 N–H and O–H groups in total. The van der Waals surface area contributed by atoms with E-state index in [-0.39, 0.29) is 5.91 Å². The fourth-order valence-electron chi connectivity index (χ4n) is 3.47. The summed E-state index contributed by atoms with van der Waals surface area (Å²) in [6.07, 6.45) is 4.21. The molecular weight excluding hydrogens is 295 g/mol. The quantitative estimate of drug-likeness (QED) is 0.947. The molecule has 114 valence electrons. The highest BCUT2D eigenvalue weighted by atomic mass is 32.1. The van der Waals surface area contributed by atoms with Gasteiger partial charge in [-0.2, -0.15) is 0 Å². The van der Waals surface area contributed by atoms with Gasteiger partial charge in [0.05, 0.1) is 15.4 Å². The third-order valence-electron chi connectivity index (χ3n) is 4.72. The lowest BCUT2D eigenvalue weighted by molar-refractivity contribution is 0.0622. The van der Waals surface area contributed by atoms with Gasteiger partial charge >= 0.3 is 0 Å². The summed E-state index contributed by atoms with van der Waals surface area (Å²) in [5, 5.41) is 3.24. The van der Waals surface area contributed by atoms with E-state index in [0.29, 0.717) is 12.0 Å². The highest BCUT2D eigenvalue weighted by molar-refractivity contribution is 7.17. The van der Waals surface area contributed by atoms with Gasteiger partial charge in [0, 0.05) is 18.8 Å². The SMILES string of the molecule is O=C(N[C@H]1CN2CCC1CC2)[13c]1ccc(-c2ccccn2)s1. The lowest BCUT2D eigenvalue weighted by Gasteiger charge is -2.44. The van der Waals surface area contributed by atoms with E-state index in [1.165, 1.54) is 37.3 Å². The maximum Gasteiger partial charge on any atom is 0.261 e. The Hall–Kier alpha value is -1.72. The number of thiophene rings is 1. The van der Waals surface area contributed by atoms with Gasteiger partial charge in [-0.3, -0.25) is 9.78 Å². The largest absolute Gasteiger partial charge is 0.347 e. The molecule has 2 aromatic heterocycles. The monoisotopic (exact) mass is 314 g/mol. The molecule has 0 aliphatic carbocycles. The number of hydrogen-bond donors (Lipinski definition) is 1. The van der Waals surface area contributed by atoms with Crippen molar-refractivity contribution >= 4 is 17.2 Å². The Morgan fingerprint density at radius 1 is 1.23 bits per heavy atom. The van der Waals surface area contributed by atoms with Gasteiger partial charge in [0.2, 0.25) is 0 Å². The van der Waals surface area contributed by atoms with E-state index >= 15 is 0 Å². The van der Waals surface area contributed by atoms with E-state index in [9.17, 15) is 4.79 Å². The normalized spacial score (nSPS) is 26.8. The first-order valence-electron chi connectivity index (χ1n) is 7.84. The highest BCUT2D eigenvalue weighted by Gasteiger charge is 2.35. The molecule has 22 heavy (non-hydrogen) atoms. The molecule has 3 fully saturated rings. The van der Waals surface area contributed by atoms with Crippen LogP contribution >= 0.6 is 11.3 Å². The molecule has 0 saturated carbocycles. The average Bonchev–Trinajstić information content (AvgIpc) is 3.07. The average molecular weight is 314 g/mol. The van der Waals surface area contributed by atoms with E-state index < -0.39 is 0 Å². The highest BCUT2D eigenvalue weighted by Crippen LogP contribution is 2.29. The summed E-state index contributed by atoms with van der Waals surface area (Å²) in [5.41, 5.74) is 0.925. The second kappa shape index (κ2) is 5.82. The van der Waals surface area contributed by atoms with Crippen molar-refractivity contribution in [2.24, 2.45) is 5.92 Å². The first-order valence-corrected chi connectivity index (χ1v) is 8.66. The number of piperidine rings is 3. The maximum atomic E-state index is 12.5. The molecule has 2 aromatic rings. The predicted octanol–water partition coefficient (Wildman–Crippen LogP) is 2.63. The van der Waals surface area contributed by atoms with E-state index in [2.05, 4.69) is 15.2 Å². The van der Waals surface area contributed by atoms with Gasteiger partial charge in [-0.15, -0.1) is 11.3 Å². The second-order valence-electron chi connectivity index (χ2n) is 6.10. The number of rotatable bonds is 3. The van der Waals surface area contributed by atoms with Crippen molar-refractivity contribution in [2.75, 3.05) is 19.6 Å². The van der Waals surface area contributed by atoms with Gasteiger partial charge in [-0.1, -0.05) is 6.07 Å². The number of carbonyl (C=O) groups excluding carboxylic acids is 1. The summed E-state index contributed by atoms with van der Waals surface area (Å²) >= 11 is 1.51. The van der Waals surface area contributed by atoms with Crippen LogP contribution in [-0.4, -0.2) is 41.5 Å². The maximum absolute atomic E-state index is 12.5. The van der Waals surface area contributed by atoms with Gasteiger partial charge in [0.15, 0.2) is 0 Å². The van der Waals surface area contributed by atoms with Crippen molar-refractivity contribution in [3.63, 3.8) is 0 Å². The number of fused-ring (bicyclic) bond motifs is 3. The third kappa shape index (κ3) is 2.66. The van der Waals surface area contributed by atoms with Crippen molar-refractivity contribution in [1.82, 2.24) is 15.2 Å². The first-order chi connectivity index (χ1) is 10.8. The second-order valence-corrected chi connectivity index (χ2v) is 7.18. The van der Waals surface area contributed by atoms with E-state index in [4.69, 9.17) is 0 Å². The zero-order valence-electron chi connectivity index (χ0n) is 12.4. The lowest BCUT2D eigenvalue weighted by Crippen LogP contribution is -2.57. The van der Waals surface area contributed by atoms with E-state index in [1.54, 1.807) is 6.20 Å². The fourth-order valence-corrected chi connectivity index (χ4v) is 4.36. The van der Waals surface area contributed by atoms with Crippen molar-refractivity contribution in [1.29, 1.82) is 0 Å². The minimum Gasteiger partial charge on any atom is -0.347 e. The molecule has 3 aliphatic heterocycles. The summed E-state index contributed by atoms with van der Waals surface area (Å²) in [7, 11) is 0. The fraction of sp³-hybridized carbons (Fsp3) is 0.412. The lowest BCUT2D eigenvalue weighted by atomic mass is 9.84. The van der Waals surface area contributed by atoms with Crippen molar-refractivity contribution in [2.45, 2.75) is 18.9 Å². The zero-order chi connectivity index (χ0) is 14.9. The van der Waals surface area contributed by atoms with Gasteiger partial charge in [0.1, 0.15) is 0 Å². The number of hydrogen-bond acceptors (Lipinski definition) is 4. The number of nitrogens with one attached hydrogen (secondary N) is 1. The molecule has 1 amide bonds. The minimum absolute atomic E-state index is 0.0610. The molecule has 0 radical (unpaired) electrons. The number of amides is 1. The first kappa shape index (κ1) is 13.9. The Kier molecular flexibility index (Phi) is 3.68. The van der Waals surface area contributed by atoms with Crippen LogP contribution in [0.25, 0.3) is 10.6 Å². The van der Waals surface area contributed by atoms with Gasteiger partial charge in [0.25, 0.3) is 5.91 Å². The standard InChI is InChI=1S/C17H19N3OS/c21-17(19-14-11-20-9-6-12(14)7-10-20)16-5-4-15(22-16)13-3-1-2-8-18-13/h1-5,8,12,14H,6-7,9-11H2,(H,19,21)/t14-/m0/s1/i16+1. The molecule has 2 bridgehead atoms. The molecule has 0 spiro atoms. The molecule has 5 heterocycles. The van der Waals surface area contributed by atoms with Crippen LogP contribution in [0.1, 0.15) is 22.5 Å². The summed E-state index contributed by atoms with van der Waals surface area (Å²) in [4.78, 5) is 21.1. The van der Waals surface area contributed by atoms with Gasteiger partial charge in [-0.05, 0) is 56.1 Å². The smallest absolute Gasteiger partial charge is 0.261 e. The summed E-state index contributed by atoms with van der Waals surface area (Å²) in [5.74, 6) is 0.718. The van der Waals surface area contributed by atoms with Crippen LogP contribution in [0.5, 0.6) is 0 Å². The Morgan fingerprint density at radius 2 is 2.09 bits per heavy atom. The summed E-state index contributed by atoms with van der Waals surface area (Å²) in [6.45, 7) is 3.40. The molecule has 0 unspecified atom stereocenters. The molecule has 1 atom stereocenters. The summed E-state index contributed by atoms with van der Waals surface area (Å²) in [6, 6.07) is 10.0. The number of pyridine rings is 1. The molecular formula is C17H19N3OS. The van der Waals surface area contributed by atoms with Crippen molar-refractivity contribution in [3.05, 3.63) is 41.4 Å². The van der Waals surface area contributed by atoms with Crippen LogP contribution in [0.4, 0.5) is 0 Å². The third-order valence-corrected chi connectivity index (χ3v) is 5.83. The Morgan fingerprint density at radius 3 is 2.77 bits per heavy atom. The van der Waals surface area contributed by atoms with Crippen molar-refractivity contribution in [3.8, 4) is 10.6 Å². The zero-order valence-corrected chi connectivity index (χ0v) is 13.2. The Bertz CT molecular complexity index is 662. The predicted molar refractivity (Wildman–Crippen MR) is 88.0 cm³/mol. The molecule has 4 nitrogen and oxygen atoms in total. The van der Waals surface area contributed by atoms with Crippen LogP contribution in [0.3, 0.4) is 0 Å². The van der Waals surface area contributed by atoms with Crippen LogP contribution in [0.15, 0.2) is 36.5 Å². The van der Waals surface area contributed by atoms with E-state index in [0.717, 1.165) is 22.0 Å². The summed E-state index contributed by atoms with van der Waals surface area (Å²) < 4.78 is 0. The van der Waals surface area contributed by atoms with Crippen LogP contribution < -0.4 is 5.32 Å². The number of carbonyl (C=O) groups is 1. The molecule has 0 aromatic carbocycles. The Labute approximate surface area is 134 Å². The molecule has 3 saturated heterocycles.